The molecule has 1 saturated heterocycles. The van der Waals surface area contributed by atoms with E-state index in [1.54, 1.807) is 7.11 Å². The van der Waals surface area contributed by atoms with E-state index >= 15 is 0 Å². The standard InChI is InChI=1S/C11H23NO2/c1-9(6-8-13-3)11(12-2)10-5-4-7-14-10/h9-12H,4-8H2,1-3H3. The van der Waals surface area contributed by atoms with Gasteiger partial charge in [-0.15, -0.1) is 0 Å². The maximum absolute atomic E-state index is 5.70. The molecule has 3 heteroatoms. The Morgan fingerprint density at radius 2 is 2.36 bits per heavy atom. The Labute approximate surface area is 87.2 Å². The van der Waals surface area contributed by atoms with Crippen LogP contribution in [0.25, 0.3) is 0 Å². The van der Waals surface area contributed by atoms with Crippen LogP contribution in [-0.2, 0) is 9.47 Å². The van der Waals surface area contributed by atoms with Gasteiger partial charge in [-0.3, -0.25) is 0 Å². The molecular weight excluding hydrogens is 178 g/mol. The molecule has 1 aliphatic rings. The van der Waals surface area contributed by atoms with E-state index in [9.17, 15) is 0 Å². The highest BCUT2D eigenvalue weighted by atomic mass is 16.5. The molecule has 84 valence electrons. The molecule has 1 fully saturated rings. The van der Waals surface area contributed by atoms with E-state index in [0.29, 0.717) is 18.1 Å². The van der Waals surface area contributed by atoms with Crippen LogP contribution in [-0.4, -0.2) is 39.5 Å². The van der Waals surface area contributed by atoms with Crippen molar-refractivity contribution in [3.05, 3.63) is 0 Å². The summed E-state index contributed by atoms with van der Waals surface area (Å²) in [5.74, 6) is 0.614. The van der Waals surface area contributed by atoms with Gasteiger partial charge in [0.2, 0.25) is 0 Å². The molecule has 0 radical (unpaired) electrons. The van der Waals surface area contributed by atoms with Crippen molar-refractivity contribution >= 4 is 0 Å². The summed E-state index contributed by atoms with van der Waals surface area (Å²) in [5, 5.41) is 3.37. The van der Waals surface area contributed by atoms with Crippen molar-refractivity contribution in [1.29, 1.82) is 0 Å². The second-order valence-corrected chi connectivity index (χ2v) is 4.12. The van der Waals surface area contributed by atoms with Gasteiger partial charge in [0.05, 0.1) is 6.10 Å². The van der Waals surface area contributed by atoms with Crippen molar-refractivity contribution in [2.24, 2.45) is 5.92 Å². The largest absolute Gasteiger partial charge is 0.385 e. The molecule has 0 bridgehead atoms. The molecule has 0 aliphatic carbocycles. The first kappa shape index (κ1) is 12.0. The average molecular weight is 201 g/mol. The van der Waals surface area contributed by atoms with Crippen molar-refractivity contribution in [1.82, 2.24) is 5.32 Å². The summed E-state index contributed by atoms with van der Waals surface area (Å²) in [6.45, 7) is 4.04. The number of hydrogen-bond acceptors (Lipinski definition) is 3. The molecule has 1 N–H and O–H groups in total. The fourth-order valence-electron chi connectivity index (χ4n) is 2.21. The third-order valence-electron chi connectivity index (χ3n) is 3.09. The number of nitrogens with one attached hydrogen (secondary N) is 1. The summed E-state index contributed by atoms with van der Waals surface area (Å²) >= 11 is 0. The molecule has 3 unspecified atom stereocenters. The third-order valence-corrected chi connectivity index (χ3v) is 3.09. The van der Waals surface area contributed by atoms with Crippen LogP contribution < -0.4 is 5.32 Å². The molecule has 1 heterocycles. The highest BCUT2D eigenvalue weighted by molar-refractivity contribution is 4.83. The molecule has 1 rings (SSSR count). The Morgan fingerprint density at radius 1 is 1.57 bits per heavy atom. The maximum atomic E-state index is 5.70. The van der Waals surface area contributed by atoms with Crippen molar-refractivity contribution in [3.8, 4) is 0 Å². The monoisotopic (exact) mass is 201 g/mol. The fourth-order valence-corrected chi connectivity index (χ4v) is 2.21. The van der Waals surface area contributed by atoms with Crippen molar-refractivity contribution < 1.29 is 9.47 Å². The molecule has 0 spiro atoms. The summed E-state index contributed by atoms with van der Waals surface area (Å²) in [6, 6.07) is 0.479. The van der Waals surface area contributed by atoms with Crippen molar-refractivity contribution in [2.75, 3.05) is 27.4 Å². The predicted octanol–water partition coefficient (Wildman–Crippen LogP) is 1.43. The lowest BCUT2D eigenvalue weighted by molar-refractivity contribution is 0.0559. The summed E-state index contributed by atoms with van der Waals surface area (Å²) in [6.07, 6.45) is 3.91. The first-order chi connectivity index (χ1) is 6.79. The van der Waals surface area contributed by atoms with Crippen LogP contribution in [0.4, 0.5) is 0 Å². The van der Waals surface area contributed by atoms with Gasteiger partial charge < -0.3 is 14.8 Å². The number of rotatable bonds is 6. The lowest BCUT2D eigenvalue weighted by atomic mass is 9.93. The van der Waals surface area contributed by atoms with Gasteiger partial charge in [-0.05, 0) is 32.2 Å². The first-order valence-corrected chi connectivity index (χ1v) is 5.57. The Kier molecular flexibility index (Phi) is 5.45. The summed E-state index contributed by atoms with van der Waals surface area (Å²) < 4.78 is 10.8. The van der Waals surface area contributed by atoms with Gasteiger partial charge in [-0.2, -0.15) is 0 Å². The van der Waals surface area contributed by atoms with Crippen LogP contribution in [0.2, 0.25) is 0 Å². The van der Waals surface area contributed by atoms with Crippen LogP contribution in [0.15, 0.2) is 0 Å². The second-order valence-electron chi connectivity index (χ2n) is 4.12. The molecule has 3 atom stereocenters. The topological polar surface area (TPSA) is 30.5 Å². The molecule has 3 nitrogen and oxygen atoms in total. The smallest absolute Gasteiger partial charge is 0.0731 e. The number of likely N-dealkylation sites (N-methyl/N-ethyl adjacent to an activating group) is 1. The summed E-state index contributed by atoms with van der Waals surface area (Å²) in [4.78, 5) is 0. The second kappa shape index (κ2) is 6.38. The zero-order valence-corrected chi connectivity index (χ0v) is 9.58. The van der Waals surface area contributed by atoms with Gasteiger partial charge in [0.25, 0.3) is 0 Å². The minimum absolute atomic E-state index is 0.409. The molecule has 1 aliphatic heterocycles. The van der Waals surface area contributed by atoms with Gasteiger partial charge in [0.15, 0.2) is 0 Å². The van der Waals surface area contributed by atoms with E-state index < -0.39 is 0 Å². The van der Waals surface area contributed by atoms with E-state index in [-0.39, 0.29) is 0 Å². The zero-order chi connectivity index (χ0) is 10.4. The minimum Gasteiger partial charge on any atom is -0.385 e. The molecule has 14 heavy (non-hydrogen) atoms. The number of ether oxygens (including phenoxy) is 2. The Hall–Kier alpha value is -0.120. The molecule has 0 saturated carbocycles. The highest BCUT2D eigenvalue weighted by Gasteiger charge is 2.28. The molecule has 0 amide bonds. The maximum Gasteiger partial charge on any atom is 0.0731 e. The van der Waals surface area contributed by atoms with Crippen molar-refractivity contribution in [3.63, 3.8) is 0 Å². The minimum atomic E-state index is 0.409. The Morgan fingerprint density at radius 3 is 2.86 bits per heavy atom. The van der Waals surface area contributed by atoms with Crippen LogP contribution in [0.1, 0.15) is 26.2 Å². The van der Waals surface area contributed by atoms with E-state index in [0.717, 1.165) is 19.6 Å². The van der Waals surface area contributed by atoms with Gasteiger partial charge in [-0.25, -0.2) is 0 Å². The molecule has 0 aromatic heterocycles. The van der Waals surface area contributed by atoms with Gasteiger partial charge >= 0.3 is 0 Å². The highest BCUT2D eigenvalue weighted by Crippen LogP contribution is 2.22. The van der Waals surface area contributed by atoms with E-state index in [2.05, 4.69) is 12.2 Å². The SMILES string of the molecule is CNC(C(C)CCOC)C1CCCO1. The summed E-state index contributed by atoms with van der Waals surface area (Å²) in [7, 11) is 3.78. The molecular formula is C11H23NO2. The van der Waals surface area contributed by atoms with Crippen molar-refractivity contribution in [2.45, 2.75) is 38.3 Å². The number of methoxy groups -OCH3 is 1. The van der Waals surface area contributed by atoms with E-state index in [1.807, 2.05) is 7.05 Å². The van der Waals surface area contributed by atoms with E-state index in [4.69, 9.17) is 9.47 Å². The first-order valence-electron chi connectivity index (χ1n) is 5.57. The van der Waals surface area contributed by atoms with Gasteiger partial charge in [0.1, 0.15) is 0 Å². The lowest BCUT2D eigenvalue weighted by Gasteiger charge is -2.28. The summed E-state index contributed by atoms with van der Waals surface area (Å²) in [5.41, 5.74) is 0. The van der Waals surface area contributed by atoms with E-state index in [1.165, 1.54) is 12.8 Å². The predicted molar refractivity (Wildman–Crippen MR) is 57.5 cm³/mol. The molecule has 0 aromatic carbocycles. The van der Waals surface area contributed by atoms with Crippen LogP contribution in [0.3, 0.4) is 0 Å². The van der Waals surface area contributed by atoms with Crippen LogP contribution >= 0.6 is 0 Å². The van der Waals surface area contributed by atoms with Gasteiger partial charge in [-0.1, -0.05) is 6.92 Å². The third kappa shape index (κ3) is 3.23. The Bertz CT molecular complexity index is 146. The molecule has 0 aromatic rings. The zero-order valence-electron chi connectivity index (χ0n) is 9.58. The van der Waals surface area contributed by atoms with Crippen LogP contribution in [0, 0.1) is 5.92 Å². The quantitative estimate of drug-likeness (QED) is 0.705. The normalized spacial score (nSPS) is 26.4. The Balaban J connectivity index is 2.34. The lowest BCUT2D eigenvalue weighted by Crippen LogP contribution is -2.42. The van der Waals surface area contributed by atoms with Gasteiger partial charge in [0, 0.05) is 26.4 Å². The average Bonchev–Trinajstić information content (AvgIpc) is 2.69. The fraction of sp³-hybridized carbons (Fsp3) is 1.00. The number of hydrogen-bond donors (Lipinski definition) is 1. The van der Waals surface area contributed by atoms with Crippen LogP contribution in [0.5, 0.6) is 0 Å².